The highest BCUT2D eigenvalue weighted by molar-refractivity contribution is 6.08. The van der Waals surface area contributed by atoms with Crippen molar-refractivity contribution in [2.24, 2.45) is 40.6 Å². The van der Waals surface area contributed by atoms with E-state index in [1.54, 1.807) is 13.3 Å². The molecule has 2 amide bonds. The van der Waals surface area contributed by atoms with Gasteiger partial charge in [-0.05, 0) is 46.9 Å². The summed E-state index contributed by atoms with van der Waals surface area (Å²) in [5.41, 5.74) is 0.778. The van der Waals surface area contributed by atoms with E-state index < -0.39 is 0 Å². The minimum Gasteiger partial charge on any atom is -0.496 e. The smallest absolute Gasteiger partial charge is 0.254 e. The van der Waals surface area contributed by atoms with Gasteiger partial charge >= 0.3 is 0 Å². The van der Waals surface area contributed by atoms with Crippen molar-refractivity contribution in [3.63, 3.8) is 0 Å². The molecule has 0 aromatic heterocycles. The minimum atomic E-state index is -0.224. The van der Waals surface area contributed by atoms with Crippen LogP contribution in [0.1, 0.15) is 12.0 Å². The molecule has 5 nitrogen and oxygen atoms in total. The van der Waals surface area contributed by atoms with Gasteiger partial charge in [0.2, 0.25) is 0 Å². The zero-order valence-corrected chi connectivity index (χ0v) is 15.5. The van der Waals surface area contributed by atoms with Gasteiger partial charge in [0, 0.05) is 5.56 Å². The number of imide groups is 1. The molecule has 4 aliphatic carbocycles. The van der Waals surface area contributed by atoms with Crippen molar-refractivity contribution in [3.05, 3.63) is 54.1 Å². The van der Waals surface area contributed by atoms with Crippen LogP contribution in [0.3, 0.4) is 0 Å². The third-order valence-corrected chi connectivity index (χ3v) is 7.09. The average molecular weight is 372 g/mol. The van der Waals surface area contributed by atoms with Crippen LogP contribution in [0.15, 0.2) is 53.7 Å². The Balaban J connectivity index is 1.38. The Morgan fingerprint density at radius 2 is 1.68 bits per heavy atom. The lowest BCUT2D eigenvalue weighted by atomic mass is 9.63. The van der Waals surface area contributed by atoms with E-state index in [-0.39, 0.29) is 35.5 Å². The third-order valence-electron chi connectivity index (χ3n) is 7.09. The molecule has 2 saturated carbocycles. The summed E-state index contributed by atoms with van der Waals surface area (Å²) >= 11 is 0. The molecule has 0 unspecified atom stereocenters. The van der Waals surface area contributed by atoms with Crippen molar-refractivity contribution >= 4 is 28.8 Å². The van der Waals surface area contributed by atoms with Crippen molar-refractivity contribution in [2.75, 3.05) is 7.11 Å². The monoisotopic (exact) mass is 372 g/mol. The van der Waals surface area contributed by atoms with E-state index in [9.17, 15) is 9.59 Å². The van der Waals surface area contributed by atoms with Gasteiger partial charge in [-0.25, -0.2) is 0 Å². The Labute approximate surface area is 162 Å². The van der Waals surface area contributed by atoms with E-state index in [4.69, 9.17) is 4.74 Å². The lowest BCUT2D eigenvalue weighted by Gasteiger charge is -2.37. The van der Waals surface area contributed by atoms with Gasteiger partial charge in [-0.2, -0.15) is 10.1 Å². The lowest BCUT2D eigenvalue weighted by Crippen LogP contribution is -2.40. The van der Waals surface area contributed by atoms with Crippen molar-refractivity contribution in [1.82, 2.24) is 5.01 Å². The number of amides is 2. The first-order chi connectivity index (χ1) is 13.7. The molecule has 0 spiro atoms. The standard InChI is InChI=1S/C23H20N2O3/c1-28-19-9-6-12-4-2-3-5-13(12)18(19)11-24-25-22(26)20-14-7-8-15(17-10-16(14)17)21(20)23(25)27/h2-9,11,14-17,20-21H,10H2,1H3/b24-11-/t14-,15-,16-,17+,20+,21-/m1/s1. The first-order valence-electron chi connectivity index (χ1n) is 9.85. The number of benzene rings is 2. The van der Waals surface area contributed by atoms with Gasteiger partial charge in [0.25, 0.3) is 11.8 Å². The molecule has 2 bridgehead atoms. The van der Waals surface area contributed by atoms with Gasteiger partial charge < -0.3 is 4.74 Å². The van der Waals surface area contributed by atoms with Crippen LogP contribution in [0.25, 0.3) is 10.8 Å². The van der Waals surface area contributed by atoms with Crippen LogP contribution < -0.4 is 4.74 Å². The summed E-state index contributed by atoms with van der Waals surface area (Å²) < 4.78 is 5.49. The fourth-order valence-electron chi connectivity index (χ4n) is 5.76. The molecular formula is C23H20N2O3. The van der Waals surface area contributed by atoms with Crippen LogP contribution in [0.5, 0.6) is 5.75 Å². The lowest BCUT2D eigenvalue weighted by molar-refractivity contribution is -0.140. The highest BCUT2D eigenvalue weighted by atomic mass is 16.5. The Morgan fingerprint density at radius 3 is 2.36 bits per heavy atom. The molecule has 2 aromatic rings. The van der Waals surface area contributed by atoms with E-state index >= 15 is 0 Å². The second kappa shape index (κ2) is 5.53. The number of methoxy groups -OCH3 is 1. The molecule has 140 valence electrons. The number of carbonyl (C=O) groups is 2. The highest BCUT2D eigenvalue weighted by Gasteiger charge is 2.67. The normalized spacial score (nSPS) is 35.0. The zero-order valence-electron chi connectivity index (χ0n) is 15.5. The minimum absolute atomic E-state index is 0.143. The number of nitrogens with zero attached hydrogens (tertiary/aromatic N) is 2. The number of carbonyl (C=O) groups excluding carboxylic acids is 2. The van der Waals surface area contributed by atoms with Crippen molar-refractivity contribution in [3.8, 4) is 5.75 Å². The maximum Gasteiger partial charge on any atom is 0.254 e. The predicted octanol–water partition coefficient (Wildman–Crippen LogP) is 3.24. The molecule has 3 fully saturated rings. The highest BCUT2D eigenvalue weighted by Crippen LogP contribution is 2.65. The SMILES string of the molecule is COc1ccc2ccccc2c1/C=N\N1C(=O)[C@@H]2[C@@H]3C=C[C@H]([C@H]4C[C@@H]34)[C@@H]2C1=O. The van der Waals surface area contributed by atoms with Gasteiger partial charge in [-0.1, -0.05) is 42.5 Å². The fourth-order valence-corrected chi connectivity index (χ4v) is 5.76. The van der Waals surface area contributed by atoms with Gasteiger partial charge in [0.1, 0.15) is 5.75 Å². The molecule has 0 N–H and O–H groups in total. The Hall–Kier alpha value is -2.95. The van der Waals surface area contributed by atoms with E-state index in [0.29, 0.717) is 17.6 Å². The predicted molar refractivity (Wildman–Crippen MR) is 105 cm³/mol. The molecule has 6 atom stereocenters. The number of hydrogen-bond donors (Lipinski definition) is 0. The zero-order chi connectivity index (χ0) is 19.0. The number of hydrogen-bond acceptors (Lipinski definition) is 4. The number of hydrazone groups is 1. The molecule has 28 heavy (non-hydrogen) atoms. The van der Waals surface area contributed by atoms with Crippen LogP contribution in [0.2, 0.25) is 0 Å². The van der Waals surface area contributed by atoms with Crippen LogP contribution >= 0.6 is 0 Å². The first kappa shape index (κ1) is 16.0. The van der Waals surface area contributed by atoms with Gasteiger partial charge in [-0.3, -0.25) is 9.59 Å². The molecule has 1 saturated heterocycles. The third kappa shape index (κ3) is 1.99. The van der Waals surface area contributed by atoms with Crippen LogP contribution in [0, 0.1) is 35.5 Å². The second-order valence-electron chi connectivity index (χ2n) is 8.29. The van der Waals surface area contributed by atoms with E-state index in [1.807, 2.05) is 36.4 Å². The van der Waals surface area contributed by atoms with E-state index in [0.717, 1.165) is 27.8 Å². The molecule has 7 rings (SSSR count). The average Bonchev–Trinajstić information content (AvgIpc) is 3.51. The molecule has 2 aromatic carbocycles. The quantitative estimate of drug-likeness (QED) is 0.472. The topological polar surface area (TPSA) is 59.0 Å². The summed E-state index contributed by atoms with van der Waals surface area (Å²) in [7, 11) is 1.61. The van der Waals surface area contributed by atoms with E-state index in [2.05, 4.69) is 17.3 Å². The van der Waals surface area contributed by atoms with Crippen LogP contribution in [-0.4, -0.2) is 30.1 Å². The van der Waals surface area contributed by atoms with Gasteiger partial charge in [-0.15, -0.1) is 0 Å². The summed E-state index contributed by atoms with van der Waals surface area (Å²) in [6.45, 7) is 0. The number of ether oxygens (including phenoxy) is 1. The molecule has 1 heterocycles. The van der Waals surface area contributed by atoms with Gasteiger partial charge in [0.15, 0.2) is 0 Å². The summed E-state index contributed by atoms with van der Waals surface area (Å²) in [4.78, 5) is 26.1. The molecular weight excluding hydrogens is 352 g/mol. The molecule has 0 radical (unpaired) electrons. The summed E-state index contributed by atoms with van der Waals surface area (Å²) in [6.07, 6.45) is 7.11. The van der Waals surface area contributed by atoms with Crippen molar-refractivity contribution < 1.29 is 14.3 Å². The summed E-state index contributed by atoms with van der Waals surface area (Å²) in [5.74, 6) is 1.54. The molecule has 1 aliphatic heterocycles. The van der Waals surface area contributed by atoms with Crippen molar-refractivity contribution in [2.45, 2.75) is 6.42 Å². The van der Waals surface area contributed by atoms with Crippen LogP contribution in [-0.2, 0) is 9.59 Å². The number of rotatable bonds is 3. The van der Waals surface area contributed by atoms with Crippen LogP contribution in [0.4, 0.5) is 0 Å². The largest absolute Gasteiger partial charge is 0.496 e. The Morgan fingerprint density at radius 1 is 1.00 bits per heavy atom. The Kier molecular flexibility index (Phi) is 3.17. The fraction of sp³-hybridized carbons (Fsp3) is 0.348. The van der Waals surface area contributed by atoms with Gasteiger partial charge in [0.05, 0.1) is 25.2 Å². The maximum atomic E-state index is 13.1. The second-order valence-corrected chi connectivity index (χ2v) is 8.29. The number of fused-ring (bicyclic) bond motifs is 1. The molecule has 5 aliphatic rings. The van der Waals surface area contributed by atoms with E-state index in [1.165, 1.54) is 0 Å². The summed E-state index contributed by atoms with van der Waals surface area (Å²) in [6, 6.07) is 11.8. The summed E-state index contributed by atoms with van der Waals surface area (Å²) in [5, 5.41) is 7.53. The number of allylic oxidation sites excluding steroid dienone is 2. The Bertz CT molecular complexity index is 1050. The van der Waals surface area contributed by atoms with Crippen molar-refractivity contribution in [1.29, 1.82) is 0 Å². The maximum absolute atomic E-state index is 13.1. The first-order valence-corrected chi connectivity index (χ1v) is 9.85. The molecule has 5 heteroatoms.